The molecular formula is C30H28N2O2. The maximum atomic E-state index is 7.02. The summed E-state index contributed by atoms with van der Waals surface area (Å²) in [6.07, 6.45) is 1.98. The number of benzene rings is 4. The van der Waals surface area contributed by atoms with Crippen LogP contribution in [-0.4, -0.2) is 26.1 Å². The molecule has 0 N–H and O–H groups in total. The molecule has 4 aromatic carbocycles. The van der Waals surface area contributed by atoms with Gasteiger partial charge in [-0.25, -0.2) is 0 Å². The highest BCUT2D eigenvalue weighted by atomic mass is 16.5. The van der Waals surface area contributed by atoms with Gasteiger partial charge in [-0.2, -0.15) is 0 Å². The molecule has 34 heavy (non-hydrogen) atoms. The molecule has 4 aromatic rings. The Morgan fingerprint density at radius 3 is 2.38 bits per heavy atom. The van der Waals surface area contributed by atoms with Crippen LogP contribution < -0.4 is 14.4 Å². The molecule has 170 valence electrons. The minimum Gasteiger partial charge on any atom is -0.497 e. The number of anilines is 1. The van der Waals surface area contributed by atoms with Crippen molar-refractivity contribution in [2.24, 2.45) is 4.99 Å². The van der Waals surface area contributed by atoms with E-state index in [4.69, 9.17) is 14.5 Å². The lowest BCUT2D eigenvalue weighted by molar-refractivity contribution is 0.0842. The third-order valence-electron chi connectivity index (χ3n) is 7.61. The van der Waals surface area contributed by atoms with E-state index in [1.54, 1.807) is 7.11 Å². The number of ether oxygens (including phenoxy) is 2. The number of fused-ring (bicyclic) bond motifs is 4. The summed E-state index contributed by atoms with van der Waals surface area (Å²) in [6.45, 7) is 6.54. The van der Waals surface area contributed by atoms with Gasteiger partial charge >= 0.3 is 0 Å². The molecule has 0 saturated carbocycles. The second-order valence-electron chi connectivity index (χ2n) is 9.81. The molecule has 1 unspecified atom stereocenters. The lowest BCUT2D eigenvalue weighted by Crippen LogP contribution is -2.61. The number of methoxy groups -OCH3 is 1. The summed E-state index contributed by atoms with van der Waals surface area (Å²) in [5.74, 6) is 1.67. The third-order valence-corrected chi connectivity index (χ3v) is 7.61. The van der Waals surface area contributed by atoms with Crippen LogP contribution in [0.2, 0.25) is 0 Å². The largest absolute Gasteiger partial charge is 0.497 e. The maximum Gasteiger partial charge on any atom is 0.228 e. The Labute approximate surface area is 200 Å². The molecule has 4 heteroatoms. The van der Waals surface area contributed by atoms with E-state index >= 15 is 0 Å². The van der Waals surface area contributed by atoms with Crippen molar-refractivity contribution in [3.63, 3.8) is 0 Å². The Morgan fingerprint density at radius 2 is 1.65 bits per heavy atom. The zero-order valence-corrected chi connectivity index (χ0v) is 20.2. The molecule has 2 aliphatic heterocycles. The van der Waals surface area contributed by atoms with E-state index in [0.29, 0.717) is 0 Å². The van der Waals surface area contributed by atoms with Crippen LogP contribution in [0.5, 0.6) is 11.5 Å². The summed E-state index contributed by atoms with van der Waals surface area (Å²) in [7, 11) is 3.79. The number of nitrogens with zero attached hydrogens (tertiary/aromatic N) is 2. The number of hydrogen-bond acceptors (Lipinski definition) is 4. The fourth-order valence-corrected chi connectivity index (χ4v) is 5.52. The topological polar surface area (TPSA) is 34.1 Å². The van der Waals surface area contributed by atoms with Crippen molar-refractivity contribution < 1.29 is 9.47 Å². The first-order valence-electron chi connectivity index (χ1n) is 11.6. The Bertz CT molecular complexity index is 1470. The molecule has 6 rings (SSSR count). The van der Waals surface area contributed by atoms with E-state index in [9.17, 15) is 0 Å². The van der Waals surface area contributed by atoms with Crippen molar-refractivity contribution >= 4 is 28.4 Å². The van der Waals surface area contributed by atoms with Gasteiger partial charge < -0.3 is 14.4 Å². The fourth-order valence-electron chi connectivity index (χ4n) is 5.52. The van der Waals surface area contributed by atoms with Crippen molar-refractivity contribution in [1.82, 2.24) is 0 Å². The van der Waals surface area contributed by atoms with Crippen LogP contribution in [-0.2, 0) is 5.41 Å². The Hall–Kier alpha value is -3.79. The van der Waals surface area contributed by atoms with Gasteiger partial charge in [0.05, 0.1) is 18.7 Å². The highest BCUT2D eigenvalue weighted by molar-refractivity contribution is 6.05. The predicted octanol–water partition coefficient (Wildman–Crippen LogP) is 7.04. The molecule has 0 fully saturated rings. The van der Waals surface area contributed by atoms with Crippen LogP contribution in [0.3, 0.4) is 0 Å². The van der Waals surface area contributed by atoms with Gasteiger partial charge in [-0.15, -0.1) is 0 Å². The van der Waals surface area contributed by atoms with Crippen LogP contribution in [0, 0.1) is 6.92 Å². The quantitative estimate of drug-likeness (QED) is 0.330. The Balaban J connectivity index is 1.55. The monoisotopic (exact) mass is 448 g/mol. The van der Waals surface area contributed by atoms with Crippen LogP contribution in [0.15, 0.2) is 77.8 Å². The highest BCUT2D eigenvalue weighted by Gasteiger charge is 2.58. The molecular weight excluding hydrogens is 420 g/mol. The Kier molecular flexibility index (Phi) is 4.34. The number of hydrogen-bond donors (Lipinski definition) is 0. The summed E-state index contributed by atoms with van der Waals surface area (Å²) in [5, 5.41) is 2.24. The summed E-state index contributed by atoms with van der Waals surface area (Å²) in [4.78, 5) is 7.24. The van der Waals surface area contributed by atoms with Crippen molar-refractivity contribution in [2.75, 3.05) is 19.1 Å². The van der Waals surface area contributed by atoms with E-state index in [0.717, 1.165) is 39.2 Å². The highest BCUT2D eigenvalue weighted by Crippen LogP contribution is 2.55. The number of aliphatic imine (C=N–C) groups is 1. The molecule has 0 aromatic heterocycles. The normalized spacial score (nSPS) is 19.7. The summed E-state index contributed by atoms with van der Waals surface area (Å²) in [6, 6.07) is 25.5. The molecule has 0 bridgehead atoms. The molecule has 4 nitrogen and oxygen atoms in total. The van der Waals surface area contributed by atoms with Crippen molar-refractivity contribution in [3.05, 3.63) is 83.9 Å². The lowest BCUT2D eigenvalue weighted by Gasteiger charge is -2.45. The van der Waals surface area contributed by atoms with Crippen molar-refractivity contribution in [3.8, 4) is 22.6 Å². The Morgan fingerprint density at radius 1 is 0.912 bits per heavy atom. The average molecular weight is 449 g/mol. The van der Waals surface area contributed by atoms with E-state index in [1.807, 2.05) is 12.3 Å². The van der Waals surface area contributed by atoms with E-state index in [1.165, 1.54) is 16.7 Å². The summed E-state index contributed by atoms with van der Waals surface area (Å²) in [5.41, 5.74) is 5.66. The van der Waals surface area contributed by atoms with Crippen LogP contribution in [0.25, 0.3) is 21.9 Å². The minimum absolute atomic E-state index is 0.358. The van der Waals surface area contributed by atoms with Gasteiger partial charge in [0.1, 0.15) is 11.4 Å². The van der Waals surface area contributed by atoms with Gasteiger partial charge in [0, 0.05) is 18.1 Å². The van der Waals surface area contributed by atoms with E-state index < -0.39 is 5.72 Å². The second-order valence-corrected chi connectivity index (χ2v) is 9.81. The lowest BCUT2D eigenvalue weighted by atomic mass is 9.77. The van der Waals surface area contributed by atoms with Crippen molar-refractivity contribution in [2.45, 2.75) is 31.9 Å². The molecule has 1 atom stereocenters. The standard InChI is InChI=1S/C30H28N2O2/c1-19-10-12-20(13-11-19)24-17-26-28(23-9-7-6-8-22(23)24)34-30(18-31-26)29(2,3)25-16-21(33-5)14-15-27(25)32(30)4/h6-18H,1-5H3. The summed E-state index contributed by atoms with van der Waals surface area (Å²) < 4.78 is 12.6. The van der Waals surface area contributed by atoms with Gasteiger partial charge in [0.25, 0.3) is 0 Å². The number of rotatable bonds is 2. The average Bonchev–Trinajstić information content (AvgIpc) is 3.02. The van der Waals surface area contributed by atoms with Gasteiger partial charge in [-0.05, 0) is 67.1 Å². The van der Waals surface area contributed by atoms with Gasteiger partial charge in [0.2, 0.25) is 5.72 Å². The first-order chi connectivity index (χ1) is 16.4. The smallest absolute Gasteiger partial charge is 0.228 e. The van der Waals surface area contributed by atoms with Crippen LogP contribution >= 0.6 is 0 Å². The minimum atomic E-state index is -0.747. The van der Waals surface area contributed by atoms with Gasteiger partial charge in [0.15, 0.2) is 5.75 Å². The molecule has 1 spiro atoms. The van der Waals surface area contributed by atoms with Crippen molar-refractivity contribution in [1.29, 1.82) is 0 Å². The van der Waals surface area contributed by atoms with E-state index in [-0.39, 0.29) is 5.41 Å². The fraction of sp³-hybridized carbons (Fsp3) is 0.233. The molecule has 0 amide bonds. The number of aryl methyl sites for hydroxylation is 1. The number of likely N-dealkylation sites (N-methyl/N-ethyl adjacent to an activating group) is 1. The molecule has 0 saturated heterocycles. The van der Waals surface area contributed by atoms with Gasteiger partial charge in [-0.3, -0.25) is 4.99 Å². The third kappa shape index (κ3) is 2.68. The van der Waals surface area contributed by atoms with E-state index in [2.05, 4.69) is 99.4 Å². The summed E-state index contributed by atoms with van der Waals surface area (Å²) >= 11 is 0. The predicted molar refractivity (Wildman–Crippen MR) is 140 cm³/mol. The van der Waals surface area contributed by atoms with Crippen LogP contribution in [0.4, 0.5) is 11.4 Å². The zero-order chi connectivity index (χ0) is 23.7. The zero-order valence-electron chi connectivity index (χ0n) is 20.2. The maximum absolute atomic E-state index is 7.02. The SMILES string of the molecule is COc1ccc2c(c1)C(C)(C)C1(C=Nc3cc(-c4ccc(C)cc4)c4ccccc4c3O1)N2C. The molecule has 0 aliphatic carbocycles. The first-order valence-corrected chi connectivity index (χ1v) is 11.6. The molecule has 0 radical (unpaired) electrons. The molecule has 2 heterocycles. The van der Waals surface area contributed by atoms with Gasteiger partial charge in [-0.1, -0.05) is 54.1 Å². The first kappa shape index (κ1) is 20.8. The van der Waals surface area contributed by atoms with Crippen LogP contribution in [0.1, 0.15) is 25.0 Å². The molecule has 2 aliphatic rings. The second kappa shape index (κ2) is 7.10.